The SMILES string of the molecule is Cc1cccc2c1C(=O)NC1(CCN(C(=O)C3C[C@H]3c3ccccc3)CC1)N2. The highest BCUT2D eigenvalue weighted by Crippen LogP contribution is 2.48. The van der Waals surface area contributed by atoms with Crippen molar-refractivity contribution in [3.05, 3.63) is 65.2 Å². The average Bonchev–Trinajstić information content (AvgIpc) is 3.49. The van der Waals surface area contributed by atoms with Gasteiger partial charge in [-0.05, 0) is 36.5 Å². The van der Waals surface area contributed by atoms with Gasteiger partial charge in [-0.3, -0.25) is 9.59 Å². The topological polar surface area (TPSA) is 61.4 Å². The van der Waals surface area contributed by atoms with E-state index in [0.717, 1.165) is 36.1 Å². The summed E-state index contributed by atoms with van der Waals surface area (Å²) in [5.74, 6) is 0.737. The molecular formula is C23H25N3O2. The molecule has 28 heavy (non-hydrogen) atoms. The fraction of sp³-hybridized carbons (Fsp3) is 0.391. The summed E-state index contributed by atoms with van der Waals surface area (Å²) >= 11 is 0. The molecule has 2 N–H and O–H groups in total. The number of amides is 2. The second kappa shape index (κ2) is 6.36. The lowest BCUT2D eigenvalue weighted by molar-refractivity contribution is -0.134. The van der Waals surface area contributed by atoms with Crippen LogP contribution in [0.15, 0.2) is 48.5 Å². The Morgan fingerprint density at radius 1 is 1.04 bits per heavy atom. The highest BCUT2D eigenvalue weighted by Gasteiger charge is 2.48. The summed E-state index contributed by atoms with van der Waals surface area (Å²) in [4.78, 5) is 27.6. The van der Waals surface area contributed by atoms with E-state index in [4.69, 9.17) is 0 Å². The predicted octanol–water partition coefficient (Wildman–Crippen LogP) is 3.27. The molecule has 0 bridgehead atoms. The maximum Gasteiger partial charge on any atom is 0.255 e. The van der Waals surface area contributed by atoms with Gasteiger partial charge in [0.15, 0.2) is 0 Å². The number of rotatable bonds is 2. The number of aryl methyl sites for hydroxylation is 1. The molecule has 5 nitrogen and oxygen atoms in total. The van der Waals surface area contributed by atoms with Crippen LogP contribution in [-0.4, -0.2) is 35.5 Å². The molecule has 2 fully saturated rings. The van der Waals surface area contributed by atoms with Gasteiger partial charge in [0.05, 0.1) is 5.56 Å². The molecule has 1 spiro atoms. The number of carbonyl (C=O) groups is 2. The van der Waals surface area contributed by atoms with Gasteiger partial charge >= 0.3 is 0 Å². The molecule has 0 aromatic heterocycles. The van der Waals surface area contributed by atoms with E-state index in [9.17, 15) is 9.59 Å². The van der Waals surface area contributed by atoms with Gasteiger partial charge in [0.25, 0.3) is 5.91 Å². The summed E-state index contributed by atoms with van der Waals surface area (Å²) in [7, 11) is 0. The Morgan fingerprint density at radius 2 is 1.79 bits per heavy atom. The number of benzene rings is 2. The number of fused-ring (bicyclic) bond motifs is 1. The number of hydrogen-bond acceptors (Lipinski definition) is 3. The molecule has 2 amide bonds. The van der Waals surface area contributed by atoms with E-state index >= 15 is 0 Å². The van der Waals surface area contributed by atoms with E-state index < -0.39 is 5.66 Å². The van der Waals surface area contributed by atoms with E-state index in [1.807, 2.05) is 48.2 Å². The van der Waals surface area contributed by atoms with Crippen LogP contribution in [0.25, 0.3) is 0 Å². The summed E-state index contributed by atoms with van der Waals surface area (Å²) in [5, 5.41) is 6.73. The van der Waals surface area contributed by atoms with Crippen LogP contribution in [0.1, 0.15) is 46.7 Å². The summed E-state index contributed by atoms with van der Waals surface area (Å²) in [5.41, 5.74) is 3.43. The number of nitrogens with one attached hydrogen (secondary N) is 2. The van der Waals surface area contributed by atoms with E-state index in [1.54, 1.807) is 0 Å². The first-order valence-corrected chi connectivity index (χ1v) is 10.1. The largest absolute Gasteiger partial charge is 0.362 e. The zero-order valence-electron chi connectivity index (χ0n) is 16.1. The number of hydrogen-bond donors (Lipinski definition) is 2. The van der Waals surface area contributed by atoms with Crippen LogP contribution in [0.4, 0.5) is 5.69 Å². The molecule has 1 saturated carbocycles. The summed E-state index contributed by atoms with van der Waals surface area (Å²) in [6.45, 7) is 3.30. The van der Waals surface area contributed by atoms with E-state index in [0.29, 0.717) is 19.0 Å². The minimum atomic E-state index is -0.447. The second-order valence-corrected chi connectivity index (χ2v) is 8.34. The van der Waals surface area contributed by atoms with Crippen LogP contribution >= 0.6 is 0 Å². The predicted molar refractivity (Wildman–Crippen MR) is 108 cm³/mol. The van der Waals surface area contributed by atoms with Crippen molar-refractivity contribution < 1.29 is 9.59 Å². The molecule has 2 aliphatic heterocycles. The lowest BCUT2D eigenvalue weighted by Crippen LogP contribution is -2.63. The lowest BCUT2D eigenvalue weighted by Gasteiger charge is -2.46. The molecule has 0 radical (unpaired) electrons. The Labute approximate surface area is 165 Å². The minimum Gasteiger partial charge on any atom is -0.362 e. The fourth-order valence-corrected chi connectivity index (χ4v) is 4.77. The van der Waals surface area contributed by atoms with Crippen molar-refractivity contribution in [3.8, 4) is 0 Å². The Morgan fingerprint density at radius 3 is 2.54 bits per heavy atom. The van der Waals surface area contributed by atoms with E-state index in [1.165, 1.54) is 5.56 Å². The number of piperidine rings is 1. The van der Waals surface area contributed by atoms with Gasteiger partial charge < -0.3 is 15.5 Å². The quantitative estimate of drug-likeness (QED) is 0.847. The first kappa shape index (κ1) is 17.3. The average molecular weight is 375 g/mol. The summed E-state index contributed by atoms with van der Waals surface area (Å²) < 4.78 is 0. The molecule has 1 saturated heterocycles. The van der Waals surface area contributed by atoms with Crippen molar-refractivity contribution in [1.82, 2.24) is 10.2 Å². The molecule has 1 unspecified atom stereocenters. The van der Waals surface area contributed by atoms with Crippen LogP contribution in [0, 0.1) is 12.8 Å². The highest BCUT2D eigenvalue weighted by atomic mass is 16.2. The molecule has 2 heterocycles. The number of anilines is 1. The number of nitrogens with zero attached hydrogens (tertiary/aromatic N) is 1. The third-order valence-corrected chi connectivity index (χ3v) is 6.49. The van der Waals surface area contributed by atoms with Gasteiger partial charge in [-0.1, -0.05) is 42.5 Å². The van der Waals surface area contributed by atoms with Gasteiger partial charge in [0.2, 0.25) is 5.91 Å². The van der Waals surface area contributed by atoms with E-state index in [-0.39, 0.29) is 17.7 Å². The van der Waals surface area contributed by atoms with Crippen molar-refractivity contribution >= 4 is 17.5 Å². The molecule has 144 valence electrons. The Hall–Kier alpha value is -2.82. The van der Waals surface area contributed by atoms with Crippen LogP contribution in [0.5, 0.6) is 0 Å². The van der Waals surface area contributed by atoms with Crippen molar-refractivity contribution in [2.45, 2.75) is 37.8 Å². The third-order valence-electron chi connectivity index (χ3n) is 6.49. The standard InChI is InChI=1S/C23H25N3O2/c1-15-6-5-9-19-20(15)21(27)25-23(24-19)10-12-26(13-11-23)22(28)18-14-17(18)16-7-3-2-4-8-16/h2-9,17-18,24H,10-14H2,1H3,(H,25,27)/t17-,18?/m0/s1. The molecule has 3 aliphatic rings. The smallest absolute Gasteiger partial charge is 0.255 e. The fourth-order valence-electron chi connectivity index (χ4n) is 4.77. The van der Waals surface area contributed by atoms with Gasteiger partial charge in [0.1, 0.15) is 5.66 Å². The van der Waals surface area contributed by atoms with Gasteiger partial charge in [-0.25, -0.2) is 0 Å². The van der Waals surface area contributed by atoms with Crippen molar-refractivity contribution in [2.24, 2.45) is 5.92 Å². The monoisotopic (exact) mass is 375 g/mol. The van der Waals surface area contributed by atoms with Gasteiger partial charge in [0, 0.05) is 37.5 Å². The van der Waals surface area contributed by atoms with Crippen LogP contribution in [-0.2, 0) is 4.79 Å². The van der Waals surface area contributed by atoms with Crippen molar-refractivity contribution in [2.75, 3.05) is 18.4 Å². The van der Waals surface area contributed by atoms with Gasteiger partial charge in [-0.15, -0.1) is 0 Å². The minimum absolute atomic E-state index is 0.0158. The van der Waals surface area contributed by atoms with Crippen LogP contribution in [0.2, 0.25) is 0 Å². The van der Waals surface area contributed by atoms with Gasteiger partial charge in [-0.2, -0.15) is 0 Å². The summed E-state index contributed by atoms with van der Waals surface area (Å²) in [6.07, 6.45) is 2.40. The zero-order valence-corrected chi connectivity index (χ0v) is 16.1. The Kier molecular flexibility index (Phi) is 3.93. The van der Waals surface area contributed by atoms with E-state index in [2.05, 4.69) is 22.8 Å². The molecular weight excluding hydrogens is 350 g/mol. The molecule has 1 aliphatic carbocycles. The maximum atomic E-state index is 12.9. The first-order valence-electron chi connectivity index (χ1n) is 10.1. The number of likely N-dealkylation sites (tertiary alicyclic amines) is 1. The molecule has 2 atom stereocenters. The molecule has 2 aromatic carbocycles. The normalized spacial score (nSPS) is 24.9. The highest BCUT2D eigenvalue weighted by molar-refractivity contribution is 6.03. The Balaban J connectivity index is 1.25. The zero-order chi connectivity index (χ0) is 19.3. The van der Waals surface area contributed by atoms with Crippen molar-refractivity contribution in [3.63, 3.8) is 0 Å². The molecule has 5 heteroatoms. The summed E-state index contributed by atoms with van der Waals surface area (Å²) in [6, 6.07) is 16.2. The molecule has 2 aromatic rings. The second-order valence-electron chi connectivity index (χ2n) is 8.34. The van der Waals surface area contributed by atoms with Crippen molar-refractivity contribution in [1.29, 1.82) is 0 Å². The first-order chi connectivity index (χ1) is 13.6. The lowest BCUT2D eigenvalue weighted by atomic mass is 9.91. The van der Waals surface area contributed by atoms with Crippen LogP contribution in [0.3, 0.4) is 0 Å². The molecule has 5 rings (SSSR count). The van der Waals surface area contributed by atoms with Crippen LogP contribution < -0.4 is 10.6 Å². The Bertz CT molecular complexity index is 932. The maximum absolute atomic E-state index is 12.9. The third kappa shape index (κ3) is 2.86. The number of carbonyl (C=O) groups excluding carboxylic acids is 2.